The van der Waals surface area contributed by atoms with E-state index in [2.05, 4.69) is 11.5 Å². The van der Waals surface area contributed by atoms with E-state index in [1.165, 1.54) is 11.1 Å². The molecule has 1 aliphatic heterocycles. The number of rotatable bonds is 4. The van der Waals surface area contributed by atoms with Crippen LogP contribution in [0, 0.1) is 0 Å². The molecule has 0 aromatic heterocycles. The van der Waals surface area contributed by atoms with Crippen LogP contribution in [0.5, 0.6) is 0 Å². The number of amides is 1. The summed E-state index contributed by atoms with van der Waals surface area (Å²) in [7, 11) is 0. The number of fused-ring (bicyclic) bond motifs is 1. The first-order valence-electron chi connectivity index (χ1n) is 5.82. The van der Waals surface area contributed by atoms with Gasteiger partial charge >= 0.3 is 0 Å². The SMILES string of the molecule is NCCc1ccc2c(c1)CCC(=O)N2CNN. The summed E-state index contributed by atoms with van der Waals surface area (Å²) in [5, 5.41) is 0. The van der Waals surface area contributed by atoms with Crippen LogP contribution in [-0.2, 0) is 17.6 Å². The lowest BCUT2D eigenvalue weighted by Gasteiger charge is -2.29. The molecule has 0 spiro atoms. The van der Waals surface area contributed by atoms with Crippen molar-refractivity contribution in [3.63, 3.8) is 0 Å². The average molecular weight is 234 g/mol. The Morgan fingerprint density at radius 3 is 2.88 bits per heavy atom. The van der Waals surface area contributed by atoms with Gasteiger partial charge in [0.25, 0.3) is 0 Å². The smallest absolute Gasteiger partial charge is 0.228 e. The second-order valence-corrected chi connectivity index (χ2v) is 4.19. The highest BCUT2D eigenvalue weighted by Gasteiger charge is 2.23. The monoisotopic (exact) mass is 234 g/mol. The van der Waals surface area contributed by atoms with Crippen LogP contribution in [0.25, 0.3) is 0 Å². The van der Waals surface area contributed by atoms with Crippen LogP contribution in [-0.4, -0.2) is 19.1 Å². The van der Waals surface area contributed by atoms with Gasteiger partial charge in [0.05, 0.1) is 6.67 Å². The quantitative estimate of drug-likeness (QED) is 0.501. The summed E-state index contributed by atoms with van der Waals surface area (Å²) in [5.74, 6) is 5.41. The van der Waals surface area contributed by atoms with E-state index in [4.69, 9.17) is 11.6 Å². The van der Waals surface area contributed by atoms with E-state index in [9.17, 15) is 4.79 Å². The molecule has 0 radical (unpaired) electrons. The third-order valence-electron chi connectivity index (χ3n) is 3.03. The topological polar surface area (TPSA) is 84.4 Å². The van der Waals surface area contributed by atoms with E-state index in [1.807, 2.05) is 12.1 Å². The van der Waals surface area contributed by atoms with Crippen molar-refractivity contribution in [3.8, 4) is 0 Å². The lowest BCUT2D eigenvalue weighted by molar-refractivity contribution is -0.119. The van der Waals surface area contributed by atoms with Gasteiger partial charge in [0.1, 0.15) is 0 Å². The fourth-order valence-electron chi connectivity index (χ4n) is 2.20. The van der Waals surface area contributed by atoms with Gasteiger partial charge in [-0.05, 0) is 36.6 Å². The molecule has 0 aliphatic carbocycles. The highest BCUT2D eigenvalue weighted by molar-refractivity contribution is 5.96. The van der Waals surface area contributed by atoms with Crippen LogP contribution >= 0.6 is 0 Å². The number of nitrogens with two attached hydrogens (primary N) is 2. The van der Waals surface area contributed by atoms with Crippen molar-refractivity contribution in [2.75, 3.05) is 18.1 Å². The van der Waals surface area contributed by atoms with E-state index >= 15 is 0 Å². The Hall–Kier alpha value is -1.43. The molecule has 0 unspecified atom stereocenters. The molecule has 17 heavy (non-hydrogen) atoms. The number of benzene rings is 1. The normalized spacial score (nSPS) is 14.9. The summed E-state index contributed by atoms with van der Waals surface area (Å²) in [6.45, 7) is 0.994. The average Bonchev–Trinajstić information content (AvgIpc) is 2.33. The minimum absolute atomic E-state index is 0.113. The summed E-state index contributed by atoms with van der Waals surface area (Å²) < 4.78 is 0. The number of carbonyl (C=O) groups is 1. The van der Waals surface area contributed by atoms with Crippen molar-refractivity contribution >= 4 is 11.6 Å². The molecule has 5 heteroatoms. The first kappa shape index (κ1) is 12.0. The van der Waals surface area contributed by atoms with Gasteiger partial charge in [-0.2, -0.15) is 0 Å². The number of hydrogen-bond donors (Lipinski definition) is 3. The number of nitrogens with zero attached hydrogens (tertiary/aromatic N) is 1. The molecule has 92 valence electrons. The lowest BCUT2D eigenvalue weighted by Crippen LogP contribution is -2.44. The highest BCUT2D eigenvalue weighted by Crippen LogP contribution is 2.28. The minimum Gasteiger partial charge on any atom is -0.330 e. The molecule has 0 atom stereocenters. The molecular weight excluding hydrogens is 216 g/mol. The highest BCUT2D eigenvalue weighted by atomic mass is 16.2. The first-order valence-corrected chi connectivity index (χ1v) is 5.82. The molecule has 1 heterocycles. The predicted octanol–water partition coefficient (Wildman–Crippen LogP) is -0.112. The Bertz CT molecular complexity index is 419. The Labute approximate surface area is 101 Å². The fraction of sp³-hybridized carbons (Fsp3) is 0.417. The van der Waals surface area contributed by atoms with Gasteiger partial charge in [-0.25, -0.2) is 5.43 Å². The standard InChI is InChI=1S/C12H18N4O/c13-6-5-9-1-3-11-10(7-9)2-4-12(17)16(11)8-15-14/h1,3,7,15H,2,4-6,8,13-14H2. The number of hydrogen-bond acceptors (Lipinski definition) is 4. The summed E-state index contributed by atoms with van der Waals surface area (Å²) in [4.78, 5) is 13.5. The van der Waals surface area contributed by atoms with Crippen molar-refractivity contribution < 1.29 is 4.79 Å². The van der Waals surface area contributed by atoms with Crippen molar-refractivity contribution in [2.24, 2.45) is 11.6 Å². The van der Waals surface area contributed by atoms with Crippen LogP contribution in [0.1, 0.15) is 17.5 Å². The summed E-state index contributed by atoms with van der Waals surface area (Å²) in [6.07, 6.45) is 2.21. The van der Waals surface area contributed by atoms with Crippen LogP contribution in [0.2, 0.25) is 0 Å². The molecule has 1 aliphatic rings. The van der Waals surface area contributed by atoms with Crippen molar-refractivity contribution in [2.45, 2.75) is 19.3 Å². The molecule has 5 nitrogen and oxygen atoms in total. The third-order valence-corrected chi connectivity index (χ3v) is 3.03. The van der Waals surface area contributed by atoms with Gasteiger partial charge in [0.2, 0.25) is 5.91 Å². The van der Waals surface area contributed by atoms with Crippen LogP contribution in [0.15, 0.2) is 18.2 Å². The maximum absolute atomic E-state index is 11.8. The van der Waals surface area contributed by atoms with Gasteiger partial charge in [0, 0.05) is 12.1 Å². The molecule has 5 N–H and O–H groups in total. The van der Waals surface area contributed by atoms with Crippen molar-refractivity contribution in [1.82, 2.24) is 5.43 Å². The number of nitrogens with one attached hydrogen (secondary N) is 1. The van der Waals surface area contributed by atoms with Gasteiger partial charge in [-0.1, -0.05) is 12.1 Å². The zero-order valence-corrected chi connectivity index (χ0v) is 9.78. The number of hydrazine groups is 1. The van der Waals surface area contributed by atoms with E-state index in [1.54, 1.807) is 4.90 Å². The first-order chi connectivity index (χ1) is 8.26. The van der Waals surface area contributed by atoms with Gasteiger partial charge < -0.3 is 5.73 Å². The summed E-state index contributed by atoms with van der Waals surface area (Å²) in [6, 6.07) is 6.14. The Balaban J connectivity index is 2.30. The van der Waals surface area contributed by atoms with E-state index in [0.29, 0.717) is 19.6 Å². The fourth-order valence-corrected chi connectivity index (χ4v) is 2.20. The largest absolute Gasteiger partial charge is 0.330 e. The van der Waals surface area contributed by atoms with Crippen LogP contribution < -0.4 is 21.9 Å². The number of carbonyl (C=O) groups excluding carboxylic acids is 1. The second-order valence-electron chi connectivity index (χ2n) is 4.19. The summed E-state index contributed by atoms with van der Waals surface area (Å²) >= 11 is 0. The van der Waals surface area contributed by atoms with Crippen LogP contribution in [0.4, 0.5) is 5.69 Å². The molecule has 0 fully saturated rings. The molecule has 1 amide bonds. The van der Waals surface area contributed by atoms with Crippen molar-refractivity contribution in [3.05, 3.63) is 29.3 Å². The van der Waals surface area contributed by atoms with Gasteiger partial charge in [-0.15, -0.1) is 0 Å². The second kappa shape index (κ2) is 5.27. The van der Waals surface area contributed by atoms with Crippen LogP contribution in [0.3, 0.4) is 0 Å². The molecule has 0 bridgehead atoms. The van der Waals surface area contributed by atoms with E-state index in [0.717, 1.165) is 18.5 Å². The Kier molecular flexibility index (Phi) is 3.73. The lowest BCUT2D eigenvalue weighted by atomic mass is 9.98. The molecule has 0 saturated heterocycles. The van der Waals surface area contributed by atoms with Gasteiger partial charge in [0.15, 0.2) is 0 Å². The van der Waals surface area contributed by atoms with E-state index in [-0.39, 0.29) is 5.91 Å². The number of aryl methyl sites for hydroxylation is 1. The number of anilines is 1. The third kappa shape index (κ3) is 2.46. The Morgan fingerprint density at radius 2 is 2.18 bits per heavy atom. The van der Waals surface area contributed by atoms with Crippen molar-refractivity contribution in [1.29, 1.82) is 0 Å². The Morgan fingerprint density at radius 1 is 1.35 bits per heavy atom. The molecule has 2 rings (SSSR count). The summed E-state index contributed by atoms with van der Waals surface area (Å²) in [5.41, 5.74) is 11.5. The molecule has 0 saturated carbocycles. The van der Waals surface area contributed by atoms with E-state index < -0.39 is 0 Å². The maximum atomic E-state index is 11.8. The predicted molar refractivity (Wildman–Crippen MR) is 67.2 cm³/mol. The van der Waals surface area contributed by atoms with Gasteiger partial charge in [-0.3, -0.25) is 15.5 Å². The minimum atomic E-state index is 0.113. The molecule has 1 aromatic rings. The molecular formula is C12H18N4O. The molecule has 1 aromatic carbocycles. The zero-order valence-electron chi connectivity index (χ0n) is 9.78. The maximum Gasteiger partial charge on any atom is 0.228 e. The zero-order chi connectivity index (χ0) is 12.3.